The van der Waals surface area contributed by atoms with Gasteiger partial charge in [0, 0.05) is 59.5 Å². The number of anilines is 2. The zero-order valence-electron chi connectivity index (χ0n) is 14.6. The molecule has 1 aromatic heterocycles. The number of hydrogen-bond donors (Lipinski definition) is 0. The number of alkyl halides is 3. The number of rotatable bonds is 4. The summed E-state index contributed by atoms with van der Waals surface area (Å²) in [5.41, 5.74) is -0.897. The molecule has 0 amide bonds. The van der Waals surface area contributed by atoms with Gasteiger partial charge in [0.25, 0.3) is 0 Å². The molecule has 2 saturated heterocycles. The minimum Gasteiger partial charge on any atom is -0.381 e. The molecule has 1 aromatic rings. The highest BCUT2D eigenvalue weighted by Crippen LogP contribution is 2.31. The number of halogens is 3. The third kappa shape index (κ3) is 4.52. The highest BCUT2D eigenvalue weighted by atomic mass is 19.4. The van der Waals surface area contributed by atoms with E-state index >= 15 is 0 Å². The van der Waals surface area contributed by atoms with Gasteiger partial charge in [0.1, 0.15) is 5.82 Å². The molecule has 2 aliphatic heterocycles. The summed E-state index contributed by atoms with van der Waals surface area (Å²) in [7, 11) is 3.35. The molecule has 0 spiro atoms. The lowest BCUT2D eigenvalue weighted by molar-refractivity contribution is -0.141. The zero-order valence-corrected chi connectivity index (χ0v) is 14.6. The van der Waals surface area contributed by atoms with Crippen LogP contribution in [-0.4, -0.2) is 74.9 Å². The first kappa shape index (κ1) is 18.2. The Morgan fingerprint density at radius 1 is 1.20 bits per heavy atom. The van der Waals surface area contributed by atoms with Crippen LogP contribution in [0.25, 0.3) is 0 Å². The van der Waals surface area contributed by atoms with Crippen molar-refractivity contribution in [1.29, 1.82) is 0 Å². The molecular weight excluding hydrogens is 335 g/mol. The first-order chi connectivity index (χ1) is 11.8. The van der Waals surface area contributed by atoms with E-state index in [2.05, 4.69) is 14.9 Å². The van der Waals surface area contributed by atoms with Crippen LogP contribution in [0, 0.1) is 5.92 Å². The molecule has 9 heteroatoms. The fraction of sp³-hybridized carbons (Fsp3) is 0.750. The van der Waals surface area contributed by atoms with Crippen LogP contribution >= 0.6 is 0 Å². The van der Waals surface area contributed by atoms with Crippen LogP contribution in [-0.2, 0) is 10.9 Å². The van der Waals surface area contributed by atoms with Gasteiger partial charge in [0.05, 0.1) is 6.61 Å². The van der Waals surface area contributed by atoms with Crippen LogP contribution in [0.5, 0.6) is 0 Å². The Labute approximate surface area is 145 Å². The molecule has 1 atom stereocenters. The monoisotopic (exact) mass is 359 g/mol. The topological polar surface area (TPSA) is 44.7 Å². The number of aromatic nitrogens is 2. The quantitative estimate of drug-likeness (QED) is 0.816. The van der Waals surface area contributed by atoms with Crippen molar-refractivity contribution >= 4 is 11.8 Å². The molecule has 0 radical (unpaired) electrons. The third-order valence-electron chi connectivity index (χ3n) is 4.64. The van der Waals surface area contributed by atoms with Crippen LogP contribution < -0.4 is 9.80 Å². The minimum atomic E-state index is -4.48. The smallest absolute Gasteiger partial charge is 0.381 e. The largest absolute Gasteiger partial charge is 0.433 e. The van der Waals surface area contributed by atoms with Crippen molar-refractivity contribution in [2.45, 2.75) is 12.6 Å². The Balaban J connectivity index is 1.68. The molecule has 0 saturated carbocycles. The van der Waals surface area contributed by atoms with E-state index in [1.165, 1.54) is 0 Å². The van der Waals surface area contributed by atoms with Crippen LogP contribution in [0.3, 0.4) is 0 Å². The fourth-order valence-corrected chi connectivity index (χ4v) is 3.16. The second-order valence-corrected chi connectivity index (χ2v) is 6.82. The average Bonchev–Trinajstić information content (AvgIpc) is 3.07. The van der Waals surface area contributed by atoms with Crippen molar-refractivity contribution in [3.05, 3.63) is 11.8 Å². The van der Waals surface area contributed by atoms with Crippen LogP contribution in [0.15, 0.2) is 6.07 Å². The summed E-state index contributed by atoms with van der Waals surface area (Å²) in [6.07, 6.45) is -3.39. The summed E-state index contributed by atoms with van der Waals surface area (Å²) in [5.74, 6) is 0.988. The summed E-state index contributed by atoms with van der Waals surface area (Å²) in [5, 5.41) is 0. The second kappa shape index (κ2) is 7.33. The van der Waals surface area contributed by atoms with Crippen molar-refractivity contribution in [1.82, 2.24) is 14.9 Å². The Bertz CT molecular complexity index is 582. The molecule has 0 aromatic carbocycles. The predicted octanol–water partition coefficient (Wildman–Crippen LogP) is 1.72. The van der Waals surface area contributed by atoms with Gasteiger partial charge in [-0.25, -0.2) is 4.98 Å². The Morgan fingerprint density at radius 2 is 1.92 bits per heavy atom. The minimum absolute atomic E-state index is 0.155. The Kier molecular flexibility index (Phi) is 5.33. The summed E-state index contributed by atoms with van der Waals surface area (Å²) >= 11 is 0. The third-order valence-corrected chi connectivity index (χ3v) is 4.64. The van der Waals surface area contributed by atoms with Gasteiger partial charge < -0.3 is 14.5 Å². The van der Waals surface area contributed by atoms with E-state index in [4.69, 9.17) is 4.74 Å². The van der Waals surface area contributed by atoms with E-state index in [9.17, 15) is 13.2 Å². The normalized spacial score (nSPS) is 22.4. The lowest BCUT2D eigenvalue weighted by Crippen LogP contribution is -2.48. The molecule has 6 nitrogen and oxygen atoms in total. The molecule has 1 unspecified atom stereocenters. The summed E-state index contributed by atoms with van der Waals surface area (Å²) in [6, 6.07) is 0.986. The van der Waals surface area contributed by atoms with Crippen molar-refractivity contribution in [2.24, 2.45) is 5.92 Å². The van der Waals surface area contributed by atoms with Gasteiger partial charge in [-0.05, 0) is 12.3 Å². The summed E-state index contributed by atoms with van der Waals surface area (Å²) in [4.78, 5) is 13.8. The van der Waals surface area contributed by atoms with Gasteiger partial charge in [-0.15, -0.1) is 0 Å². The SMILES string of the molecule is CN(C)c1cc(C(F)(F)F)nc(N2CCN(CC3CCOC3)CC2)n1. The van der Waals surface area contributed by atoms with Gasteiger partial charge in [0.15, 0.2) is 5.69 Å². The Morgan fingerprint density at radius 3 is 2.48 bits per heavy atom. The maximum atomic E-state index is 13.1. The van der Waals surface area contributed by atoms with Crippen molar-refractivity contribution in [3.63, 3.8) is 0 Å². The standard InChI is InChI=1S/C16H24F3N5O/c1-22(2)14-9-13(16(17,18)19)20-15(21-14)24-6-4-23(5-7-24)10-12-3-8-25-11-12/h9,12H,3-8,10-11H2,1-2H3. The lowest BCUT2D eigenvalue weighted by atomic mass is 10.1. The molecular formula is C16H24F3N5O. The molecule has 25 heavy (non-hydrogen) atoms. The predicted molar refractivity (Wildman–Crippen MR) is 88.9 cm³/mol. The number of hydrogen-bond acceptors (Lipinski definition) is 6. The highest BCUT2D eigenvalue weighted by Gasteiger charge is 2.35. The Hall–Kier alpha value is -1.61. The molecule has 0 N–H and O–H groups in total. The van der Waals surface area contributed by atoms with Crippen molar-refractivity contribution in [3.8, 4) is 0 Å². The van der Waals surface area contributed by atoms with Gasteiger partial charge in [-0.3, -0.25) is 4.90 Å². The lowest BCUT2D eigenvalue weighted by Gasteiger charge is -2.36. The van der Waals surface area contributed by atoms with E-state index in [0.717, 1.165) is 45.3 Å². The number of ether oxygens (including phenoxy) is 1. The van der Waals surface area contributed by atoms with Crippen LogP contribution in [0.2, 0.25) is 0 Å². The van der Waals surface area contributed by atoms with E-state index < -0.39 is 11.9 Å². The number of nitrogens with zero attached hydrogens (tertiary/aromatic N) is 5. The summed E-state index contributed by atoms with van der Waals surface area (Å²) < 4.78 is 44.8. The van der Waals surface area contributed by atoms with Gasteiger partial charge in [-0.2, -0.15) is 18.2 Å². The molecule has 2 aliphatic rings. The molecule has 3 rings (SSSR count). The van der Waals surface area contributed by atoms with E-state index in [1.54, 1.807) is 19.0 Å². The molecule has 2 fully saturated rings. The highest BCUT2D eigenvalue weighted by molar-refractivity contribution is 5.45. The first-order valence-corrected chi connectivity index (χ1v) is 8.51. The van der Waals surface area contributed by atoms with Gasteiger partial charge in [-0.1, -0.05) is 0 Å². The van der Waals surface area contributed by atoms with Crippen LogP contribution in [0.4, 0.5) is 24.9 Å². The molecule has 3 heterocycles. The zero-order chi connectivity index (χ0) is 18.0. The van der Waals surface area contributed by atoms with Gasteiger partial charge >= 0.3 is 6.18 Å². The fourth-order valence-electron chi connectivity index (χ4n) is 3.16. The maximum absolute atomic E-state index is 13.1. The first-order valence-electron chi connectivity index (χ1n) is 8.51. The molecule has 0 bridgehead atoms. The molecule has 0 aliphatic carbocycles. The van der Waals surface area contributed by atoms with Crippen molar-refractivity contribution < 1.29 is 17.9 Å². The van der Waals surface area contributed by atoms with Crippen LogP contribution in [0.1, 0.15) is 12.1 Å². The average molecular weight is 359 g/mol. The van der Waals surface area contributed by atoms with Gasteiger partial charge in [0.2, 0.25) is 5.95 Å². The number of piperazine rings is 1. The summed E-state index contributed by atoms with van der Waals surface area (Å²) in [6.45, 7) is 5.48. The van der Waals surface area contributed by atoms with E-state index in [0.29, 0.717) is 19.0 Å². The van der Waals surface area contributed by atoms with E-state index in [1.807, 2.05) is 4.90 Å². The molecule has 140 valence electrons. The van der Waals surface area contributed by atoms with Crippen molar-refractivity contribution in [2.75, 3.05) is 69.8 Å². The van der Waals surface area contributed by atoms with E-state index in [-0.39, 0.29) is 11.8 Å². The second-order valence-electron chi connectivity index (χ2n) is 6.82. The maximum Gasteiger partial charge on any atom is 0.433 e.